The van der Waals surface area contributed by atoms with Crippen LogP contribution in [0.3, 0.4) is 0 Å². The minimum absolute atomic E-state index is 0.112. The van der Waals surface area contributed by atoms with Crippen LogP contribution < -0.4 is 0 Å². The van der Waals surface area contributed by atoms with Crippen molar-refractivity contribution in [3.05, 3.63) is 0 Å². The molecule has 0 radical (unpaired) electrons. The Labute approximate surface area is 93.9 Å². The number of methoxy groups -OCH3 is 2. The average Bonchev–Trinajstić information content (AvgIpc) is 2.95. The Bertz CT molecular complexity index is 281. The van der Waals surface area contributed by atoms with Gasteiger partial charge in [-0.3, -0.25) is 0 Å². The highest BCUT2D eigenvalue weighted by atomic mass is 16.8. The van der Waals surface area contributed by atoms with E-state index < -0.39 is 0 Å². The maximum Gasteiger partial charge on any atom is 0.167 e. The molecule has 4 rings (SSSR count). The molecule has 3 saturated heterocycles. The predicted molar refractivity (Wildman–Crippen MR) is 51.0 cm³/mol. The zero-order valence-electron chi connectivity index (χ0n) is 9.37. The fourth-order valence-electron chi connectivity index (χ4n) is 4.04. The highest BCUT2D eigenvalue weighted by Crippen LogP contribution is 2.61. The van der Waals surface area contributed by atoms with Gasteiger partial charge < -0.3 is 23.7 Å². The Hall–Kier alpha value is -0.200. The Morgan fingerprint density at radius 1 is 0.812 bits per heavy atom. The molecule has 3 heterocycles. The van der Waals surface area contributed by atoms with Gasteiger partial charge in [0.1, 0.15) is 0 Å². The first-order valence-corrected chi connectivity index (χ1v) is 5.85. The highest BCUT2D eigenvalue weighted by Gasteiger charge is 2.68. The smallest absolute Gasteiger partial charge is 0.167 e. The van der Waals surface area contributed by atoms with Gasteiger partial charge in [0, 0.05) is 37.9 Å². The van der Waals surface area contributed by atoms with E-state index in [9.17, 15) is 0 Å². The minimum atomic E-state index is -0.132. The second-order valence-corrected chi connectivity index (χ2v) is 5.07. The van der Waals surface area contributed by atoms with Crippen molar-refractivity contribution < 1.29 is 23.7 Å². The van der Waals surface area contributed by atoms with Crippen LogP contribution in [0.5, 0.6) is 0 Å². The van der Waals surface area contributed by atoms with E-state index in [-0.39, 0.29) is 25.2 Å². The second kappa shape index (κ2) is 3.17. The third-order valence-electron chi connectivity index (χ3n) is 4.57. The standard InChI is InChI=1S/C11H16O5/c1-12-8-4-3-5-7-6(4)10(14-8)16-11(7)15-9(5)13-2/h4-11H,3H2,1-2H3/t4-,5+,6-,7+,8-,9+,10+,11-. The topological polar surface area (TPSA) is 46.2 Å². The van der Waals surface area contributed by atoms with Crippen LogP contribution in [-0.2, 0) is 23.7 Å². The lowest BCUT2D eigenvalue weighted by Gasteiger charge is -2.21. The molecule has 1 saturated carbocycles. The number of ether oxygens (including phenoxy) is 5. The Morgan fingerprint density at radius 2 is 1.31 bits per heavy atom. The molecular formula is C11H16O5. The largest absolute Gasteiger partial charge is 0.355 e. The maximum atomic E-state index is 5.77. The summed E-state index contributed by atoms with van der Waals surface area (Å²) in [6, 6.07) is 0. The Balaban J connectivity index is 1.66. The second-order valence-electron chi connectivity index (χ2n) is 5.07. The third kappa shape index (κ3) is 0.990. The summed E-state index contributed by atoms with van der Waals surface area (Å²) in [5, 5.41) is 0. The first-order valence-electron chi connectivity index (χ1n) is 5.85. The van der Waals surface area contributed by atoms with E-state index >= 15 is 0 Å². The van der Waals surface area contributed by atoms with Crippen LogP contribution in [0.4, 0.5) is 0 Å². The van der Waals surface area contributed by atoms with E-state index in [0.29, 0.717) is 23.7 Å². The van der Waals surface area contributed by atoms with Crippen LogP contribution in [0.25, 0.3) is 0 Å². The van der Waals surface area contributed by atoms with Gasteiger partial charge >= 0.3 is 0 Å². The van der Waals surface area contributed by atoms with Gasteiger partial charge in [-0.05, 0) is 6.42 Å². The lowest BCUT2D eigenvalue weighted by Crippen LogP contribution is -2.26. The van der Waals surface area contributed by atoms with Crippen molar-refractivity contribution in [1.29, 1.82) is 0 Å². The van der Waals surface area contributed by atoms with Gasteiger partial charge in [-0.1, -0.05) is 0 Å². The summed E-state index contributed by atoms with van der Waals surface area (Å²) in [7, 11) is 3.39. The molecule has 90 valence electrons. The first-order chi connectivity index (χ1) is 7.83. The molecule has 4 aliphatic rings. The predicted octanol–water partition coefficient (Wildman–Crippen LogP) is 0.543. The van der Waals surface area contributed by atoms with Crippen LogP contribution in [0.15, 0.2) is 0 Å². The molecule has 0 unspecified atom stereocenters. The van der Waals surface area contributed by atoms with Gasteiger partial charge in [-0.15, -0.1) is 0 Å². The van der Waals surface area contributed by atoms with Crippen LogP contribution >= 0.6 is 0 Å². The summed E-state index contributed by atoms with van der Waals surface area (Å²) in [5.41, 5.74) is 0. The fourth-order valence-corrected chi connectivity index (χ4v) is 4.04. The van der Waals surface area contributed by atoms with Crippen molar-refractivity contribution >= 4 is 0 Å². The summed E-state index contributed by atoms with van der Waals surface area (Å²) < 4.78 is 28.0. The van der Waals surface area contributed by atoms with Gasteiger partial charge in [0.15, 0.2) is 25.2 Å². The fraction of sp³-hybridized carbons (Fsp3) is 1.00. The molecule has 16 heavy (non-hydrogen) atoms. The van der Waals surface area contributed by atoms with Crippen LogP contribution in [-0.4, -0.2) is 39.4 Å². The Morgan fingerprint density at radius 3 is 1.75 bits per heavy atom. The van der Waals surface area contributed by atoms with Crippen molar-refractivity contribution in [2.45, 2.75) is 31.6 Å². The zero-order valence-corrected chi connectivity index (χ0v) is 9.37. The summed E-state index contributed by atoms with van der Waals surface area (Å²) in [6.45, 7) is 0. The molecule has 8 atom stereocenters. The SMILES string of the molecule is CO[C@H]1O[C@@H]2O[C@@H]3O[C@@H](OC)[C@@H]4C[C@H]1[C@H]2[C@H]34. The molecule has 5 heteroatoms. The lowest BCUT2D eigenvalue weighted by atomic mass is 9.90. The number of hydrogen-bond acceptors (Lipinski definition) is 5. The molecule has 3 aliphatic heterocycles. The number of hydrogen-bond donors (Lipinski definition) is 0. The zero-order chi connectivity index (χ0) is 10.9. The van der Waals surface area contributed by atoms with E-state index in [1.54, 1.807) is 14.2 Å². The van der Waals surface area contributed by atoms with E-state index in [2.05, 4.69) is 0 Å². The van der Waals surface area contributed by atoms with Crippen LogP contribution in [0, 0.1) is 23.7 Å². The number of rotatable bonds is 2. The van der Waals surface area contributed by atoms with Gasteiger partial charge in [0.25, 0.3) is 0 Å². The lowest BCUT2D eigenvalue weighted by molar-refractivity contribution is -0.269. The highest BCUT2D eigenvalue weighted by molar-refractivity contribution is 5.05. The molecule has 0 aromatic heterocycles. The molecule has 0 aromatic carbocycles. The molecular weight excluding hydrogens is 212 g/mol. The monoisotopic (exact) mass is 228 g/mol. The molecule has 0 spiro atoms. The van der Waals surface area contributed by atoms with Gasteiger partial charge in [-0.25, -0.2) is 0 Å². The quantitative estimate of drug-likeness (QED) is 0.690. The van der Waals surface area contributed by atoms with E-state index in [0.717, 1.165) is 6.42 Å². The first kappa shape index (κ1) is 9.79. The van der Waals surface area contributed by atoms with Crippen molar-refractivity contribution in [1.82, 2.24) is 0 Å². The summed E-state index contributed by atoms with van der Waals surface area (Å²) in [4.78, 5) is 0. The van der Waals surface area contributed by atoms with E-state index in [1.807, 2.05) is 0 Å². The van der Waals surface area contributed by atoms with E-state index in [4.69, 9.17) is 23.7 Å². The van der Waals surface area contributed by atoms with Crippen molar-refractivity contribution in [2.24, 2.45) is 23.7 Å². The molecule has 0 N–H and O–H groups in total. The molecule has 0 bridgehead atoms. The molecule has 0 aromatic rings. The summed E-state index contributed by atoms with van der Waals surface area (Å²) in [6.07, 6.45) is 0.571. The molecule has 5 nitrogen and oxygen atoms in total. The van der Waals surface area contributed by atoms with Crippen molar-refractivity contribution in [3.63, 3.8) is 0 Å². The Kier molecular flexibility index (Phi) is 1.94. The van der Waals surface area contributed by atoms with Crippen molar-refractivity contribution in [3.8, 4) is 0 Å². The minimum Gasteiger partial charge on any atom is -0.355 e. The van der Waals surface area contributed by atoms with Crippen LogP contribution in [0.2, 0.25) is 0 Å². The molecule has 1 aliphatic carbocycles. The average molecular weight is 228 g/mol. The van der Waals surface area contributed by atoms with E-state index in [1.165, 1.54) is 0 Å². The summed E-state index contributed by atoms with van der Waals surface area (Å²) >= 11 is 0. The van der Waals surface area contributed by atoms with Gasteiger partial charge in [0.05, 0.1) is 0 Å². The van der Waals surface area contributed by atoms with Gasteiger partial charge in [-0.2, -0.15) is 0 Å². The van der Waals surface area contributed by atoms with Gasteiger partial charge in [0.2, 0.25) is 0 Å². The molecule has 4 fully saturated rings. The van der Waals surface area contributed by atoms with Crippen LogP contribution in [0.1, 0.15) is 6.42 Å². The normalized spacial score (nSPS) is 61.9. The molecule has 0 amide bonds. The van der Waals surface area contributed by atoms with Crippen molar-refractivity contribution in [2.75, 3.05) is 14.2 Å². The third-order valence-corrected chi connectivity index (χ3v) is 4.57. The summed E-state index contributed by atoms with van der Waals surface area (Å²) in [5.74, 6) is 1.74. The maximum absolute atomic E-state index is 5.77.